The molecule has 2 heterocycles. The average molecular weight is 236 g/mol. The maximum atomic E-state index is 12.8. The van der Waals surface area contributed by atoms with Crippen LogP contribution in [0.15, 0.2) is 18.5 Å². The number of rotatable bonds is 2. The van der Waals surface area contributed by atoms with Gasteiger partial charge in [-0.3, -0.25) is 9.25 Å². The third kappa shape index (κ3) is 1.80. The first-order valence-corrected chi connectivity index (χ1v) is 4.93. The van der Waals surface area contributed by atoms with Gasteiger partial charge < -0.3 is 0 Å². The number of hydrogen-bond acceptors (Lipinski definition) is 2. The first-order valence-electron chi connectivity index (χ1n) is 4.93. The summed E-state index contributed by atoms with van der Waals surface area (Å²) in [7, 11) is 1.74. The zero-order chi connectivity index (χ0) is 12.6. The summed E-state index contributed by atoms with van der Waals surface area (Å²) in [5, 5.41) is 12.8. The normalized spacial score (nSPS) is 10.8. The predicted molar refractivity (Wildman–Crippen MR) is 57.3 cm³/mol. The Morgan fingerprint density at radius 2 is 2.18 bits per heavy atom. The molecule has 2 rings (SSSR count). The van der Waals surface area contributed by atoms with E-state index in [-0.39, 0.29) is 5.69 Å². The minimum absolute atomic E-state index is 0.0450. The fourth-order valence-corrected chi connectivity index (χ4v) is 1.81. The van der Waals surface area contributed by atoms with Crippen LogP contribution in [0.1, 0.15) is 17.9 Å². The summed E-state index contributed by atoms with van der Waals surface area (Å²) < 4.78 is 27.9. The molecular formula is C11H10F2N4. The Hall–Kier alpha value is -2.16. The molecule has 17 heavy (non-hydrogen) atoms. The highest BCUT2D eigenvalue weighted by atomic mass is 19.3. The summed E-state index contributed by atoms with van der Waals surface area (Å²) in [5.41, 5.74) is 1.65. The van der Waals surface area contributed by atoms with E-state index in [4.69, 9.17) is 5.26 Å². The van der Waals surface area contributed by atoms with Crippen LogP contribution in [0.5, 0.6) is 0 Å². The number of halogens is 2. The topological polar surface area (TPSA) is 46.5 Å². The number of hydrogen-bond donors (Lipinski definition) is 0. The molecule has 0 atom stereocenters. The molecule has 0 unspecified atom stereocenters. The van der Waals surface area contributed by atoms with E-state index in [1.54, 1.807) is 37.1 Å². The first-order chi connectivity index (χ1) is 8.04. The standard InChI is InChI=1S/C11H10F2N4/c1-7-10(8-5-15-16(2)6-8)3-9(4-14)17(7)11(12)13/h3,5-6,11H,1-2H3. The molecule has 0 aromatic carbocycles. The second-order valence-corrected chi connectivity index (χ2v) is 3.69. The summed E-state index contributed by atoms with van der Waals surface area (Å²) in [5.74, 6) is 0. The van der Waals surface area contributed by atoms with Crippen LogP contribution in [-0.4, -0.2) is 14.3 Å². The smallest absolute Gasteiger partial charge is 0.279 e. The van der Waals surface area contributed by atoms with Gasteiger partial charge in [0, 0.05) is 30.1 Å². The summed E-state index contributed by atoms with van der Waals surface area (Å²) in [6, 6.07) is 3.23. The van der Waals surface area contributed by atoms with Gasteiger partial charge in [0.1, 0.15) is 11.8 Å². The zero-order valence-corrected chi connectivity index (χ0v) is 9.35. The van der Waals surface area contributed by atoms with Crippen LogP contribution < -0.4 is 0 Å². The summed E-state index contributed by atoms with van der Waals surface area (Å²) >= 11 is 0. The van der Waals surface area contributed by atoms with Crippen molar-refractivity contribution in [1.29, 1.82) is 5.26 Å². The van der Waals surface area contributed by atoms with E-state index < -0.39 is 6.55 Å². The second kappa shape index (κ2) is 4.01. The van der Waals surface area contributed by atoms with E-state index in [2.05, 4.69) is 5.10 Å². The van der Waals surface area contributed by atoms with Crippen molar-refractivity contribution in [3.63, 3.8) is 0 Å². The summed E-state index contributed by atoms with van der Waals surface area (Å²) in [6.45, 7) is -1.15. The van der Waals surface area contributed by atoms with Gasteiger partial charge in [0.25, 0.3) is 0 Å². The molecule has 0 fully saturated rings. The quantitative estimate of drug-likeness (QED) is 0.804. The molecule has 6 heteroatoms. The highest BCUT2D eigenvalue weighted by Gasteiger charge is 2.19. The molecule has 0 spiro atoms. The van der Waals surface area contributed by atoms with Crippen molar-refractivity contribution >= 4 is 0 Å². The van der Waals surface area contributed by atoms with Gasteiger partial charge >= 0.3 is 6.55 Å². The van der Waals surface area contributed by atoms with Gasteiger partial charge in [-0.25, -0.2) is 0 Å². The molecule has 0 aliphatic heterocycles. The maximum Gasteiger partial charge on any atom is 0.319 e. The van der Waals surface area contributed by atoms with E-state index in [1.165, 1.54) is 6.07 Å². The molecule has 0 N–H and O–H groups in total. The van der Waals surface area contributed by atoms with Crippen molar-refractivity contribution in [3.05, 3.63) is 29.8 Å². The summed E-state index contributed by atoms with van der Waals surface area (Å²) in [6.07, 6.45) is 3.30. The second-order valence-electron chi connectivity index (χ2n) is 3.69. The Morgan fingerprint density at radius 1 is 1.47 bits per heavy atom. The van der Waals surface area contributed by atoms with Crippen LogP contribution in [-0.2, 0) is 7.05 Å². The van der Waals surface area contributed by atoms with E-state index in [1.807, 2.05) is 0 Å². The Balaban J connectivity index is 2.61. The molecule has 88 valence electrons. The maximum absolute atomic E-state index is 12.8. The van der Waals surface area contributed by atoms with Gasteiger partial charge in [-0.1, -0.05) is 0 Å². The zero-order valence-electron chi connectivity index (χ0n) is 9.35. The SMILES string of the molecule is Cc1c(-c2cnn(C)c2)cc(C#N)n1C(F)F. The number of aromatic nitrogens is 3. The summed E-state index contributed by atoms with van der Waals surface area (Å²) in [4.78, 5) is 0. The van der Waals surface area contributed by atoms with E-state index in [0.717, 1.165) is 10.1 Å². The van der Waals surface area contributed by atoms with Crippen molar-refractivity contribution in [2.45, 2.75) is 13.5 Å². The third-order valence-electron chi connectivity index (χ3n) is 2.62. The van der Waals surface area contributed by atoms with Crippen LogP contribution >= 0.6 is 0 Å². The molecule has 0 saturated carbocycles. The van der Waals surface area contributed by atoms with E-state index >= 15 is 0 Å². The molecule has 2 aromatic rings. The fourth-order valence-electron chi connectivity index (χ4n) is 1.81. The molecule has 0 bridgehead atoms. The van der Waals surface area contributed by atoms with Crippen LogP contribution in [0.4, 0.5) is 8.78 Å². The third-order valence-corrected chi connectivity index (χ3v) is 2.62. The first kappa shape index (κ1) is 11.3. The number of aryl methyl sites for hydroxylation is 1. The Labute approximate surface area is 96.7 Å². The number of nitrogens with zero attached hydrogens (tertiary/aromatic N) is 4. The van der Waals surface area contributed by atoms with Crippen LogP contribution in [0.3, 0.4) is 0 Å². The van der Waals surface area contributed by atoms with Crippen molar-refractivity contribution in [2.75, 3.05) is 0 Å². The van der Waals surface area contributed by atoms with Gasteiger partial charge in [0.05, 0.1) is 6.20 Å². The van der Waals surface area contributed by atoms with Crippen LogP contribution in [0.2, 0.25) is 0 Å². The Morgan fingerprint density at radius 3 is 2.59 bits per heavy atom. The van der Waals surface area contributed by atoms with Crippen molar-refractivity contribution in [2.24, 2.45) is 7.05 Å². The predicted octanol–water partition coefficient (Wildman–Crippen LogP) is 2.46. The minimum atomic E-state index is -2.71. The largest absolute Gasteiger partial charge is 0.319 e. The molecule has 0 aliphatic rings. The van der Waals surface area contributed by atoms with Gasteiger partial charge in [-0.2, -0.15) is 19.1 Å². The van der Waals surface area contributed by atoms with Crippen LogP contribution in [0.25, 0.3) is 11.1 Å². The van der Waals surface area contributed by atoms with Crippen LogP contribution in [0, 0.1) is 18.3 Å². The van der Waals surface area contributed by atoms with Crippen molar-refractivity contribution in [3.8, 4) is 17.2 Å². The lowest BCUT2D eigenvalue weighted by Gasteiger charge is -2.05. The monoisotopic (exact) mass is 236 g/mol. The van der Waals surface area contributed by atoms with Gasteiger partial charge in [0.15, 0.2) is 0 Å². The van der Waals surface area contributed by atoms with E-state index in [0.29, 0.717) is 11.3 Å². The van der Waals surface area contributed by atoms with Crippen molar-refractivity contribution in [1.82, 2.24) is 14.3 Å². The lowest BCUT2D eigenvalue weighted by atomic mass is 10.1. The van der Waals surface area contributed by atoms with E-state index in [9.17, 15) is 8.78 Å². The fraction of sp³-hybridized carbons (Fsp3) is 0.273. The molecule has 0 radical (unpaired) electrons. The highest BCUT2D eigenvalue weighted by molar-refractivity contribution is 5.67. The van der Waals surface area contributed by atoms with Gasteiger partial charge in [-0.05, 0) is 13.0 Å². The minimum Gasteiger partial charge on any atom is -0.279 e. The molecular weight excluding hydrogens is 226 g/mol. The molecule has 0 saturated heterocycles. The number of alkyl halides is 2. The Kier molecular flexibility index (Phi) is 2.68. The molecule has 0 amide bonds. The lowest BCUT2D eigenvalue weighted by Crippen LogP contribution is -2.02. The van der Waals surface area contributed by atoms with Gasteiger partial charge in [-0.15, -0.1) is 0 Å². The number of nitriles is 1. The van der Waals surface area contributed by atoms with Crippen molar-refractivity contribution < 1.29 is 8.78 Å². The average Bonchev–Trinajstić information content (AvgIpc) is 2.81. The van der Waals surface area contributed by atoms with Gasteiger partial charge in [0.2, 0.25) is 0 Å². The molecule has 2 aromatic heterocycles. The lowest BCUT2D eigenvalue weighted by molar-refractivity contribution is 0.0679. The Bertz CT molecular complexity index is 589. The molecule has 0 aliphatic carbocycles. The molecule has 4 nitrogen and oxygen atoms in total. The highest BCUT2D eigenvalue weighted by Crippen LogP contribution is 2.29.